The fourth-order valence-corrected chi connectivity index (χ4v) is 11.3. The summed E-state index contributed by atoms with van der Waals surface area (Å²) in [4.78, 5) is 0. The maximum absolute atomic E-state index is 4.39. The SMILES string of the molecule is CCP1(Br)(c2ccccc2)c2ccccc2-c2ccccc21. The van der Waals surface area contributed by atoms with Crippen LogP contribution in [-0.2, 0) is 0 Å². The maximum atomic E-state index is 4.39. The second-order valence-corrected chi connectivity index (χ2v) is 15.0. The van der Waals surface area contributed by atoms with Gasteiger partial charge in [0.25, 0.3) is 0 Å². The average molecular weight is 369 g/mol. The molecule has 0 unspecified atom stereocenters. The van der Waals surface area contributed by atoms with Crippen LogP contribution in [0.25, 0.3) is 11.1 Å². The molecule has 0 N–H and O–H groups in total. The molecule has 0 atom stereocenters. The molecule has 1 heterocycles. The third-order valence-corrected chi connectivity index (χ3v) is 15.4. The Hall–Kier alpha value is -1.43. The molecular formula is C20H18BrP. The normalized spacial score (nSPS) is 18.7. The number of hydrogen-bond acceptors (Lipinski definition) is 0. The summed E-state index contributed by atoms with van der Waals surface area (Å²) in [6.07, 6.45) is 1.09. The Morgan fingerprint density at radius 2 is 1.14 bits per heavy atom. The van der Waals surface area contributed by atoms with Crippen molar-refractivity contribution in [3.05, 3.63) is 78.9 Å². The molecular weight excluding hydrogens is 351 g/mol. The number of halogens is 1. The van der Waals surface area contributed by atoms with Gasteiger partial charge in [0.05, 0.1) is 0 Å². The van der Waals surface area contributed by atoms with Crippen molar-refractivity contribution in [2.24, 2.45) is 0 Å². The molecule has 0 fully saturated rings. The first-order chi connectivity index (χ1) is 10.7. The van der Waals surface area contributed by atoms with Crippen LogP contribution in [0.5, 0.6) is 0 Å². The molecule has 0 saturated carbocycles. The summed E-state index contributed by atoms with van der Waals surface area (Å²) >= 11 is 4.39. The van der Waals surface area contributed by atoms with E-state index >= 15 is 0 Å². The van der Waals surface area contributed by atoms with E-state index in [0.29, 0.717) is 0 Å². The van der Waals surface area contributed by atoms with E-state index in [4.69, 9.17) is 0 Å². The average Bonchev–Trinajstić information content (AvgIpc) is 2.85. The van der Waals surface area contributed by atoms with Gasteiger partial charge in [-0.2, -0.15) is 0 Å². The molecule has 4 rings (SSSR count). The zero-order chi connectivity index (χ0) is 15.2. The number of rotatable bonds is 2. The van der Waals surface area contributed by atoms with E-state index in [1.165, 1.54) is 27.0 Å². The van der Waals surface area contributed by atoms with Crippen molar-refractivity contribution in [1.29, 1.82) is 0 Å². The minimum absolute atomic E-state index is 1.09. The summed E-state index contributed by atoms with van der Waals surface area (Å²) in [5, 5.41) is 1.86. The standard InChI is InChI=1S/C20H18BrP/c1-2-22(21,16-10-4-3-5-11-16)19-14-8-6-12-17(19)18-13-7-9-15-20(18)22/h3-15H,2H2,1H3. The molecule has 110 valence electrons. The van der Waals surface area contributed by atoms with E-state index in [0.717, 1.165) is 6.16 Å². The van der Waals surface area contributed by atoms with Crippen LogP contribution in [0.3, 0.4) is 0 Å². The quantitative estimate of drug-likeness (QED) is 0.568. The molecule has 0 aromatic heterocycles. The van der Waals surface area contributed by atoms with Crippen molar-refractivity contribution < 1.29 is 0 Å². The van der Waals surface area contributed by atoms with Crippen molar-refractivity contribution in [1.82, 2.24) is 0 Å². The van der Waals surface area contributed by atoms with Crippen molar-refractivity contribution in [2.45, 2.75) is 6.92 Å². The molecule has 1 aliphatic heterocycles. The van der Waals surface area contributed by atoms with Crippen LogP contribution in [-0.4, -0.2) is 6.16 Å². The van der Waals surface area contributed by atoms with Gasteiger partial charge in [0.15, 0.2) is 0 Å². The molecule has 0 amide bonds. The van der Waals surface area contributed by atoms with Gasteiger partial charge in [0, 0.05) is 0 Å². The zero-order valence-corrected chi connectivity index (χ0v) is 15.0. The molecule has 0 nitrogen and oxygen atoms in total. The summed E-state index contributed by atoms with van der Waals surface area (Å²) < 4.78 is 0. The molecule has 0 saturated heterocycles. The monoisotopic (exact) mass is 368 g/mol. The Morgan fingerprint density at radius 1 is 0.682 bits per heavy atom. The predicted molar refractivity (Wildman–Crippen MR) is 104 cm³/mol. The topological polar surface area (TPSA) is 0 Å². The molecule has 0 radical (unpaired) electrons. The molecule has 0 aliphatic carbocycles. The van der Waals surface area contributed by atoms with E-state index in [2.05, 4.69) is 101 Å². The van der Waals surface area contributed by atoms with Gasteiger partial charge in [-0.05, 0) is 0 Å². The van der Waals surface area contributed by atoms with Gasteiger partial charge in [0.2, 0.25) is 0 Å². The van der Waals surface area contributed by atoms with Gasteiger partial charge in [-0.25, -0.2) is 0 Å². The van der Waals surface area contributed by atoms with Crippen molar-refractivity contribution >= 4 is 36.7 Å². The van der Waals surface area contributed by atoms with Crippen molar-refractivity contribution in [3.63, 3.8) is 0 Å². The molecule has 3 aromatic rings. The van der Waals surface area contributed by atoms with Gasteiger partial charge in [-0.15, -0.1) is 0 Å². The van der Waals surface area contributed by atoms with Gasteiger partial charge in [0.1, 0.15) is 0 Å². The third kappa shape index (κ3) is 1.56. The van der Waals surface area contributed by atoms with Crippen LogP contribution in [0.15, 0.2) is 78.9 Å². The predicted octanol–water partition coefficient (Wildman–Crippen LogP) is 4.83. The Labute approximate surface area is 139 Å². The summed E-state index contributed by atoms with van der Waals surface area (Å²) in [5.74, 6) is 0. The van der Waals surface area contributed by atoms with E-state index < -0.39 is 5.31 Å². The molecule has 0 bridgehead atoms. The first kappa shape index (κ1) is 14.2. The third-order valence-electron chi connectivity index (χ3n) is 4.99. The first-order valence-corrected chi connectivity index (χ1v) is 12.1. The van der Waals surface area contributed by atoms with E-state index in [-0.39, 0.29) is 0 Å². The Balaban J connectivity index is 2.21. The van der Waals surface area contributed by atoms with E-state index in [9.17, 15) is 0 Å². The number of hydrogen-bond donors (Lipinski definition) is 0. The van der Waals surface area contributed by atoms with Crippen LogP contribution in [0, 0.1) is 0 Å². The Kier molecular flexibility index (Phi) is 3.08. The number of fused-ring (bicyclic) bond motifs is 3. The number of benzene rings is 3. The van der Waals surface area contributed by atoms with Crippen LogP contribution in [0.2, 0.25) is 0 Å². The van der Waals surface area contributed by atoms with Gasteiger partial charge in [-0.1, -0.05) is 0 Å². The van der Waals surface area contributed by atoms with Crippen LogP contribution in [0.1, 0.15) is 6.92 Å². The van der Waals surface area contributed by atoms with Gasteiger partial charge in [-0.3, -0.25) is 0 Å². The second-order valence-electron chi connectivity index (χ2n) is 5.87. The van der Waals surface area contributed by atoms with Crippen LogP contribution >= 0.6 is 20.8 Å². The van der Waals surface area contributed by atoms with Crippen molar-refractivity contribution in [3.8, 4) is 11.1 Å². The van der Waals surface area contributed by atoms with Crippen LogP contribution in [0.4, 0.5) is 0 Å². The Bertz CT molecular complexity index is 809. The second kappa shape index (κ2) is 4.78. The summed E-state index contributed by atoms with van der Waals surface area (Å²) in [6, 6.07) is 28.8. The van der Waals surface area contributed by atoms with Crippen LogP contribution < -0.4 is 15.9 Å². The van der Waals surface area contributed by atoms with Gasteiger partial charge < -0.3 is 0 Å². The zero-order valence-electron chi connectivity index (χ0n) is 12.5. The first-order valence-electron chi connectivity index (χ1n) is 7.68. The summed E-state index contributed by atoms with van der Waals surface area (Å²) in [7, 11) is 0. The minimum atomic E-state index is -2.51. The van der Waals surface area contributed by atoms with Gasteiger partial charge >= 0.3 is 140 Å². The van der Waals surface area contributed by atoms with E-state index in [1.807, 2.05) is 0 Å². The summed E-state index contributed by atoms with van der Waals surface area (Å²) in [5.41, 5.74) is 2.77. The molecule has 2 heteroatoms. The van der Waals surface area contributed by atoms with Crippen molar-refractivity contribution in [2.75, 3.05) is 6.16 Å². The fourth-order valence-electron chi connectivity index (χ4n) is 3.89. The fraction of sp³-hybridized carbons (Fsp3) is 0.100. The molecule has 22 heavy (non-hydrogen) atoms. The molecule has 3 aromatic carbocycles. The summed E-state index contributed by atoms with van der Waals surface area (Å²) in [6.45, 7) is 2.32. The molecule has 0 spiro atoms. The molecule has 1 aliphatic rings. The van der Waals surface area contributed by atoms with E-state index in [1.54, 1.807) is 0 Å². The Morgan fingerprint density at radius 3 is 1.64 bits per heavy atom.